The molecule has 1 N–H and O–H groups in total. The van der Waals surface area contributed by atoms with E-state index in [-0.39, 0.29) is 19.3 Å². The van der Waals surface area contributed by atoms with Crippen LogP contribution in [0.3, 0.4) is 0 Å². The van der Waals surface area contributed by atoms with Gasteiger partial charge >= 0.3 is 6.16 Å². The number of carboxylic acid groups (broad SMARTS) is 1. The van der Waals surface area contributed by atoms with Gasteiger partial charge in [-0.2, -0.15) is 0 Å². The Balaban J connectivity index is 5.25. The Kier molecular flexibility index (Phi) is 23.2. The summed E-state index contributed by atoms with van der Waals surface area (Å²) in [5, 5.41) is 9.49. The number of ether oxygens (including phenoxy) is 1. The minimum Gasteiger partial charge on any atom is -0.450 e. The van der Waals surface area contributed by atoms with Gasteiger partial charge in [-0.25, -0.2) is 4.79 Å². The Morgan fingerprint density at radius 1 is 0.447 bits per heavy atom. The maximum Gasteiger partial charge on any atom is 0.507 e. The number of ketones is 3. The molecule has 0 aliphatic heterocycles. The summed E-state index contributed by atoms with van der Waals surface area (Å²) < 4.78 is 5.02. The van der Waals surface area contributed by atoms with Crippen LogP contribution in [0, 0.1) is 0 Å². The average Bonchev–Trinajstić information content (AvgIpc) is 2.89. The molecule has 0 radical (unpaired) electrons. The normalized spacial score (nSPS) is 11.4. The largest absolute Gasteiger partial charge is 0.507 e. The molecule has 0 aliphatic carbocycles. The van der Waals surface area contributed by atoms with E-state index in [1.54, 1.807) is 0 Å². The minimum absolute atomic E-state index is 0.00737. The number of Topliss-reactive ketones (excluding diaryl/α,β-unsaturated/α-hetero) is 3. The first-order valence-corrected chi connectivity index (χ1v) is 15.9. The molecule has 38 heavy (non-hydrogen) atoms. The van der Waals surface area contributed by atoms with Crippen LogP contribution in [0.4, 0.5) is 4.79 Å². The van der Waals surface area contributed by atoms with E-state index in [0.717, 1.165) is 96.3 Å². The Bertz CT molecular complexity index is 568. The van der Waals surface area contributed by atoms with Crippen molar-refractivity contribution in [1.82, 2.24) is 0 Å². The molecule has 0 amide bonds. The van der Waals surface area contributed by atoms with Crippen molar-refractivity contribution in [3.8, 4) is 0 Å². The molecule has 0 atom stereocenters. The van der Waals surface area contributed by atoms with Crippen LogP contribution in [0.1, 0.15) is 175 Å². The molecule has 0 saturated heterocycles. The van der Waals surface area contributed by atoms with E-state index in [0.29, 0.717) is 19.3 Å². The summed E-state index contributed by atoms with van der Waals surface area (Å²) >= 11 is 0. The lowest BCUT2D eigenvalue weighted by Gasteiger charge is -2.28. The Labute approximate surface area is 233 Å². The summed E-state index contributed by atoms with van der Waals surface area (Å²) in [6, 6.07) is 0. The molecular weight excluding hydrogens is 480 g/mol. The minimum atomic E-state index is -2.49. The highest BCUT2D eigenvalue weighted by Gasteiger charge is 2.54. The molecule has 0 heterocycles. The van der Waals surface area contributed by atoms with Crippen LogP contribution in [0.25, 0.3) is 0 Å². The van der Waals surface area contributed by atoms with E-state index in [1.807, 2.05) is 0 Å². The van der Waals surface area contributed by atoms with Gasteiger partial charge in [0.15, 0.2) is 17.3 Å². The highest BCUT2D eigenvalue weighted by Crippen LogP contribution is 2.26. The summed E-state index contributed by atoms with van der Waals surface area (Å²) in [6.07, 6.45) is 19.0. The van der Waals surface area contributed by atoms with Gasteiger partial charge in [-0.15, -0.1) is 0 Å². The van der Waals surface area contributed by atoms with Gasteiger partial charge in [0.2, 0.25) is 0 Å². The number of hydrogen-bond acceptors (Lipinski definition) is 5. The first kappa shape index (κ1) is 36.3. The number of hydrogen-bond donors (Lipinski definition) is 1. The van der Waals surface area contributed by atoms with Gasteiger partial charge in [-0.1, -0.05) is 136 Å². The summed E-state index contributed by atoms with van der Waals surface area (Å²) in [4.78, 5) is 51.9. The zero-order valence-corrected chi connectivity index (χ0v) is 25.0. The molecule has 0 bridgehead atoms. The Morgan fingerprint density at radius 2 is 0.684 bits per heavy atom. The van der Waals surface area contributed by atoms with Crippen LogP contribution in [0.5, 0.6) is 0 Å². The molecule has 0 aromatic carbocycles. The first-order chi connectivity index (χ1) is 18.4. The SMILES string of the molecule is CCCCCCCCCC(=O)C(OC(=O)O)(C(=O)CCCCCCCCC)C(=O)CCCCCCCCC. The fourth-order valence-electron chi connectivity index (χ4n) is 5.02. The quantitative estimate of drug-likeness (QED) is 0.0605. The topological polar surface area (TPSA) is 97.7 Å². The molecule has 0 spiro atoms. The predicted octanol–water partition coefficient (Wildman–Crippen LogP) is 9.55. The molecule has 0 aliphatic rings. The van der Waals surface area contributed by atoms with Gasteiger partial charge in [-0.3, -0.25) is 14.4 Å². The predicted molar refractivity (Wildman–Crippen MR) is 155 cm³/mol. The maximum atomic E-state index is 13.4. The van der Waals surface area contributed by atoms with Crippen LogP contribution in [-0.4, -0.2) is 34.2 Å². The van der Waals surface area contributed by atoms with E-state index < -0.39 is 29.1 Å². The molecular formula is C32H58O6. The van der Waals surface area contributed by atoms with Crippen molar-refractivity contribution in [2.45, 2.75) is 180 Å². The van der Waals surface area contributed by atoms with Crippen molar-refractivity contribution in [3.05, 3.63) is 0 Å². The molecule has 6 heteroatoms. The molecule has 0 aromatic heterocycles. The van der Waals surface area contributed by atoms with Gasteiger partial charge in [0.25, 0.3) is 5.60 Å². The molecule has 6 nitrogen and oxygen atoms in total. The second kappa shape index (κ2) is 24.3. The second-order valence-corrected chi connectivity index (χ2v) is 10.9. The summed E-state index contributed by atoms with van der Waals surface area (Å²) in [5.41, 5.74) is -2.49. The smallest absolute Gasteiger partial charge is 0.450 e. The molecule has 0 aromatic rings. The standard InChI is InChI=1S/C32H58O6/c1-4-7-10-13-16-19-22-25-28(33)32(38-31(36)37,29(34)26-23-20-17-14-11-8-5-2)30(35)27-24-21-18-15-12-9-6-3/h4-27H2,1-3H3,(H,36,37). The van der Waals surface area contributed by atoms with Gasteiger partial charge in [0.05, 0.1) is 0 Å². The van der Waals surface area contributed by atoms with E-state index in [1.165, 1.54) is 19.3 Å². The number of rotatable bonds is 28. The zero-order valence-electron chi connectivity index (χ0n) is 25.0. The average molecular weight is 539 g/mol. The van der Waals surface area contributed by atoms with E-state index in [2.05, 4.69) is 20.8 Å². The highest BCUT2D eigenvalue weighted by molar-refractivity contribution is 6.28. The number of carbonyl (C=O) groups excluding carboxylic acids is 3. The van der Waals surface area contributed by atoms with Crippen molar-refractivity contribution in [2.75, 3.05) is 0 Å². The van der Waals surface area contributed by atoms with Crippen LogP contribution in [0.15, 0.2) is 0 Å². The van der Waals surface area contributed by atoms with Crippen molar-refractivity contribution < 1.29 is 29.0 Å². The highest BCUT2D eigenvalue weighted by atomic mass is 16.7. The maximum absolute atomic E-state index is 13.4. The fraction of sp³-hybridized carbons (Fsp3) is 0.875. The molecule has 0 fully saturated rings. The van der Waals surface area contributed by atoms with E-state index in [4.69, 9.17) is 4.74 Å². The van der Waals surface area contributed by atoms with Gasteiger partial charge in [0.1, 0.15) is 0 Å². The van der Waals surface area contributed by atoms with Gasteiger partial charge in [-0.05, 0) is 19.3 Å². The van der Waals surface area contributed by atoms with Crippen molar-refractivity contribution in [3.63, 3.8) is 0 Å². The van der Waals surface area contributed by atoms with E-state index in [9.17, 15) is 24.3 Å². The summed E-state index contributed by atoms with van der Waals surface area (Å²) in [5.74, 6) is -2.02. The molecule has 222 valence electrons. The lowest BCUT2D eigenvalue weighted by Crippen LogP contribution is -2.56. The lowest BCUT2D eigenvalue weighted by atomic mass is 9.81. The lowest BCUT2D eigenvalue weighted by molar-refractivity contribution is -0.161. The summed E-state index contributed by atoms with van der Waals surface area (Å²) in [6.45, 7) is 6.48. The number of carbonyl (C=O) groups is 4. The van der Waals surface area contributed by atoms with Crippen LogP contribution < -0.4 is 0 Å². The third-order valence-corrected chi connectivity index (χ3v) is 7.44. The zero-order chi connectivity index (χ0) is 28.5. The van der Waals surface area contributed by atoms with Crippen molar-refractivity contribution in [2.24, 2.45) is 0 Å². The number of unbranched alkanes of at least 4 members (excludes halogenated alkanes) is 18. The van der Waals surface area contributed by atoms with Gasteiger partial charge < -0.3 is 9.84 Å². The van der Waals surface area contributed by atoms with Gasteiger partial charge in [0, 0.05) is 19.3 Å². The second-order valence-electron chi connectivity index (χ2n) is 10.9. The first-order valence-electron chi connectivity index (χ1n) is 15.9. The summed E-state index contributed by atoms with van der Waals surface area (Å²) in [7, 11) is 0. The van der Waals surface area contributed by atoms with Crippen molar-refractivity contribution >= 4 is 23.5 Å². The third-order valence-electron chi connectivity index (χ3n) is 7.44. The van der Waals surface area contributed by atoms with Crippen LogP contribution >= 0.6 is 0 Å². The Morgan fingerprint density at radius 3 is 0.921 bits per heavy atom. The molecule has 0 saturated carbocycles. The monoisotopic (exact) mass is 538 g/mol. The van der Waals surface area contributed by atoms with Crippen LogP contribution in [0.2, 0.25) is 0 Å². The van der Waals surface area contributed by atoms with E-state index >= 15 is 0 Å². The molecule has 0 rings (SSSR count). The fourth-order valence-corrected chi connectivity index (χ4v) is 5.02. The van der Waals surface area contributed by atoms with Crippen molar-refractivity contribution in [1.29, 1.82) is 0 Å². The van der Waals surface area contributed by atoms with Crippen LogP contribution in [-0.2, 0) is 19.1 Å². The Hall–Kier alpha value is -1.72. The molecule has 0 unspecified atom stereocenters. The third kappa shape index (κ3) is 16.3.